The van der Waals surface area contributed by atoms with Crippen molar-refractivity contribution in [3.05, 3.63) is 0 Å². The molecule has 0 aliphatic carbocycles. The number of hydrogen-bond acceptors (Lipinski definition) is 3. The molecular formula is C7H16O3. The van der Waals surface area contributed by atoms with E-state index < -0.39 is 0 Å². The van der Waals surface area contributed by atoms with E-state index in [0.717, 1.165) is 6.42 Å². The molecule has 0 amide bonds. The number of hydrogen-bond donors (Lipinski definition) is 2. The lowest BCUT2D eigenvalue weighted by atomic mass is 10.1. The van der Waals surface area contributed by atoms with Crippen LogP contribution in [-0.2, 0) is 4.74 Å². The minimum atomic E-state index is -0.00782. The first-order chi connectivity index (χ1) is 4.85. The molecule has 0 aromatic heterocycles. The van der Waals surface area contributed by atoms with Gasteiger partial charge in [-0.1, -0.05) is 0 Å². The smallest absolute Gasteiger partial charge is 0.0482 e. The summed E-state index contributed by atoms with van der Waals surface area (Å²) in [6.07, 6.45) is 0.737. The molecule has 0 saturated carbocycles. The van der Waals surface area contributed by atoms with E-state index in [4.69, 9.17) is 14.9 Å². The van der Waals surface area contributed by atoms with Crippen molar-refractivity contribution in [2.75, 3.05) is 26.4 Å². The Morgan fingerprint density at radius 2 is 1.90 bits per heavy atom. The molecule has 0 saturated heterocycles. The molecule has 0 aliphatic rings. The Morgan fingerprint density at radius 3 is 2.30 bits per heavy atom. The van der Waals surface area contributed by atoms with Crippen molar-refractivity contribution >= 4 is 0 Å². The van der Waals surface area contributed by atoms with Crippen molar-refractivity contribution in [1.82, 2.24) is 0 Å². The Kier molecular flexibility index (Phi) is 6.91. The third kappa shape index (κ3) is 4.73. The summed E-state index contributed by atoms with van der Waals surface area (Å²) in [4.78, 5) is 0. The van der Waals surface area contributed by atoms with Crippen LogP contribution in [0.2, 0.25) is 0 Å². The average Bonchev–Trinajstić information content (AvgIpc) is 1.99. The Balaban J connectivity index is 3.09. The highest BCUT2D eigenvalue weighted by Crippen LogP contribution is 1.99. The second kappa shape index (κ2) is 6.99. The summed E-state index contributed by atoms with van der Waals surface area (Å²) in [6.45, 7) is 3.34. The molecular weight excluding hydrogens is 132 g/mol. The summed E-state index contributed by atoms with van der Waals surface area (Å²) in [5, 5.41) is 17.2. The van der Waals surface area contributed by atoms with Gasteiger partial charge in [-0.15, -0.1) is 0 Å². The minimum Gasteiger partial charge on any atom is -0.396 e. The summed E-state index contributed by atoms with van der Waals surface area (Å²) in [5.41, 5.74) is 0. The molecule has 0 heterocycles. The summed E-state index contributed by atoms with van der Waals surface area (Å²) < 4.78 is 5.05. The zero-order chi connectivity index (χ0) is 7.82. The van der Waals surface area contributed by atoms with Crippen LogP contribution in [0.4, 0.5) is 0 Å². The van der Waals surface area contributed by atoms with E-state index in [9.17, 15) is 0 Å². The van der Waals surface area contributed by atoms with Crippen molar-refractivity contribution in [2.24, 2.45) is 5.92 Å². The van der Waals surface area contributed by atoms with E-state index in [-0.39, 0.29) is 19.1 Å². The van der Waals surface area contributed by atoms with Gasteiger partial charge in [0.25, 0.3) is 0 Å². The van der Waals surface area contributed by atoms with Crippen LogP contribution in [0.1, 0.15) is 13.3 Å². The lowest BCUT2D eigenvalue weighted by Crippen LogP contribution is -2.13. The van der Waals surface area contributed by atoms with Crippen LogP contribution < -0.4 is 0 Å². The van der Waals surface area contributed by atoms with Crippen molar-refractivity contribution in [2.45, 2.75) is 13.3 Å². The molecule has 0 radical (unpaired) electrons. The Labute approximate surface area is 61.6 Å². The van der Waals surface area contributed by atoms with Crippen molar-refractivity contribution < 1.29 is 14.9 Å². The predicted octanol–water partition coefficient (Wildman–Crippen LogP) is 0.0138. The van der Waals surface area contributed by atoms with E-state index in [0.29, 0.717) is 13.2 Å². The normalized spacial score (nSPS) is 10.8. The van der Waals surface area contributed by atoms with Gasteiger partial charge in [0, 0.05) is 32.3 Å². The predicted molar refractivity (Wildman–Crippen MR) is 38.8 cm³/mol. The highest BCUT2D eigenvalue weighted by Gasteiger charge is 2.03. The van der Waals surface area contributed by atoms with Gasteiger partial charge in [-0.05, 0) is 13.3 Å². The standard InChI is InChI=1S/C7H16O3/c1-2-10-4-3-7(5-8)6-9/h7-9H,2-6H2,1H3. The van der Waals surface area contributed by atoms with E-state index in [1.807, 2.05) is 6.92 Å². The highest BCUT2D eigenvalue weighted by molar-refractivity contribution is 4.53. The second-order valence-electron chi connectivity index (χ2n) is 2.22. The highest BCUT2D eigenvalue weighted by atomic mass is 16.5. The molecule has 2 N–H and O–H groups in total. The largest absolute Gasteiger partial charge is 0.396 e. The number of aliphatic hydroxyl groups excluding tert-OH is 2. The number of ether oxygens (including phenoxy) is 1. The van der Waals surface area contributed by atoms with Gasteiger partial charge >= 0.3 is 0 Å². The topological polar surface area (TPSA) is 49.7 Å². The third-order valence-corrected chi connectivity index (χ3v) is 1.39. The maximum atomic E-state index is 8.61. The fourth-order valence-corrected chi connectivity index (χ4v) is 0.635. The van der Waals surface area contributed by atoms with E-state index in [1.165, 1.54) is 0 Å². The molecule has 0 rings (SSSR count). The Hall–Kier alpha value is -0.120. The molecule has 3 heteroatoms. The Morgan fingerprint density at radius 1 is 1.30 bits per heavy atom. The van der Waals surface area contributed by atoms with Crippen LogP contribution in [0.15, 0.2) is 0 Å². The van der Waals surface area contributed by atoms with Crippen molar-refractivity contribution in [1.29, 1.82) is 0 Å². The van der Waals surface area contributed by atoms with Crippen LogP contribution in [0, 0.1) is 5.92 Å². The molecule has 0 unspecified atom stereocenters. The maximum Gasteiger partial charge on any atom is 0.0482 e. The summed E-state index contributed by atoms with van der Waals surface area (Å²) in [7, 11) is 0. The quantitative estimate of drug-likeness (QED) is 0.522. The zero-order valence-electron chi connectivity index (χ0n) is 6.42. The fraction of sp³-hybridized carbons (Fsp3) is 1.00. The molecule has 0 bridgehead atoms. The van der Waals surface area contributed by atoms with Crippen LogP contribution in [-0.4, -0.2) is 36.6 Å². The molecule has 0 fully saturated rings. The first-order valence-corrected chi connectivity index (χ1v) is 3.64. The molecule has 0 spiro atoms. The number of aliphatic hydroxyl groups is 2. The van der Waals surface area contributed by atoms with Gasteiger partial charge in [0.2, 0.25) is 0 Å². The van der Waals surface area contributed by atoms with Crippen LogP contribution >= 0.6 is 0 Å². The van der Waals surface area contributed by atoms with Gasteiger partial charge < -0.3 is 14.9 Å². The first kappa shape index (κ1) is 9.88. The summed E-state index contributed by atoms with van der Waals surface area (Å²) >= 11 is 0. The molecule has 10 heavy (non-hydrogen) atoms. The van der Waals surface area contributed by atoms with Crippen molar-refractivity contribution in [3.63, 3.8) is 0 Å². The lowest BCUT2D eigenvalue weighted by Gasteiger charge is -2.09. The maximum absolute atomic E-state index is 8.61. The molecule has 0 atom stereocenters. The zero-order valence-corrected chi connectivity index (χ0v) is 6.42. The summed E-state index contributed by atoms with van der Waals surface area (Å²) in [6, 6.07) is 0. The van der Waals surface area contributed by atoms with Gasteiger partial charge in [0.05, 0.1) is 0 Å². The van der Waals surface area contributed by atoms with Gasteiger partial charge in [-0.25, -0.2) is 0 Å². The van der Waals surface area contributed by atoms with Crippen LogP contribution in [0.5, 0.6) is 0 Å². The Bertz CT molecular complexity index is 61.9. The van der Waals surface area contributed by atoms with Gasteiger partial charge in [0.15, 0.2) is 0 Å². The van der Waals surface area contributed by atoms with E-state index >= 15 is 0 Å². The minimum absolute atomic E-state index is 0.00782. The fourth-order valence-electron chi connectivity index (χ4n) is 0.635. The molecule has 62 valence electrons. The van der Waals surface area contributed by atoms with E-state index in [1.54, 1.807) is 0 Å². The summed E-state index contributed by atoms with van der Waals surface area (Å²) in [5.74, 6) is -0.00782. The van der Waals surface area contributed by atoms with Crippen LogP contribution in [0.25, 0.3) is 0 Å². The van der Waals surface area contributed by atoms with Crippen LogP contribution in [0.3, 0.4) is 0 Å². The second-order valence-corrected chi connectivity index (χ2v) is 2.22. The average molecular weight is 148 g/mol. The number of rotatable bonds is 6. The first-order valence-electron chi connectivity index (χ1n) is 3.64. The third-order valence-electron chi connectivity index (χ3n) is 1.39. The van der Waals surface area contributed by atoms with Gasteiger partial charge in [-0.2, -0.15) is 0 Å². The molecule has 0 aromatic carbocycles. The molecule has 0 aliphatic heterocycles. The van der Waals surface area contributed by atoms with Crippen molar-refractivity contribution in [3.8, 4) is 0 Å². The SMILES string of the molecule is CCOCCC(CO)CO. The van der Waals surface area contributed by atoms with E-state index in [2.05, 4.69) is 0 Å². The molecule has 3 nitrogen and oxygen atoms in total. The molecule has 0 aromatic rings. The lowest BCUT2D eigenvalue weighted by molar-refractivity contribution is 0.0899. The monoisotopic (exact) mass is 148 g/mol. The van der Waals surface area contributed by atoms with Gasteiger partial charge in [0.1, 0.15) is 0 Å². The van der Waals surface area contributed by atoms with Gasteiger partial charge in [-0.3, -0.25) is 0 Å².